The largest absolute Gasteiger partial charge is 0.342 e. The van der Waals surface area contributed by atoms with Crippen molar-refractivity contribution in [3.8, 4) is 11.1 Å². The van der Waals surface area contributed by atoms with E-state index in [0.717, 1.165) is 74.3 Å². The lowest BCUT2D eigenvalue weighted by Gasteiger charge is -2.35. The molecule has 1 saturated carbocycles. The van der Waals surface area contributed by atoms with E-state index < -0.39 is 5.82 Å². The van der Waals surface area contributed by atoms with Gasteiger partial charge in [0.05, 0.1) is 22.3 Å². The molecule has 1 amide bonds. The van der Waals surface area contributed by atoms with Gasteiger partial charge in [-0.3, -0.25) is 19.7 Å². The fourth-order valence-electron chi connectivity index (χ4n) is 4.86. The van der Waals surface area contributed by atoms with Gasteiger partial charge in [0.2, 0.25) is 5.91 Å². The van der Waals surface area contributed by atoms with Crippen LogP contribution in [0.1, 0.15) is 29.9 Å². The van der Waals surface area contributed by atoms with Crippen LogP contribution in [0.5, 0.6) is 0 Å². The third-order valence-electron chi connectivity index (χ3n) is 6.92. The van der Waals surface area contributed by atoms with Gasteiger partial charge < -0.3 is 9.88 Å². The molecule has 1 aromatic carbocycles. The Kier molecular flexibility index (Phi) is 6.15. The molecule has 4 heterocycles. The summed E-state index contributed by atoms with van der Waals surface area (Å²) in [5.74, 6) is 0.963. The molecule has 9 heteroatoms. The van der Waals surface area contributed by atoms with Crippen LogP contribution in [0.3, 0.4) is 0 Å². The zero-order valence-corrected chi connectivity index (χ0v) is 20.5. The molecule has 0 bridgehead atoms. The predicted molar refractivity (Wildman–Crippen MR) is 136 cm³/mol. The molecule has 0 radical (unpaired) electrons. The highest BCUT2D eigenvalue weighted by Crippen LogP contribution is 2.32. The first-order chi connectivity index (χ1) is 17.5. The van der Waals surface area contributed by atoms with Crippen molar-refractivity contribution < 1.29 is 9.18 Å². The minimum Gasteiger partial charge on any atom is -0.342 e. The molecule has 184 valence electrons. The van der Waals surface area contributed by atoms with Crippen molar-refractivity contribution in [2.45, 2.75) is 25.8 Å². The molecular weight excluding hydrogens is 479 g/mol. The lowest BCUT2D eigenvalue weighted by atomic mass is 10.1. The monoisotopic (exact) mass is 504 g/mol. The molecule has 7 nitrogen and oxygen atoms in total. The van der Waals surface area contributed by atoms with Gasteiger partial charge in [0.15, 0.2) is 5.82 Å². The van der Waals surface area contributed by atoms with Gasteiger partial charge >= 0.3 is 0 Å². The number of halogens is 2. The Hall–Kier alpha value is -3.36. The van der Waals surface area contributed by atoms with Gasteiger partial charge in [-0.1, -0.05) is 17.7 Å². The summed E-state index contributed by atoms with van der Waals surface area (Å²) in [7, 11) is 0. The first-order valence-corrected chi connectivity index (χ1v) is 12.6. The number of nitrogens with one attached hydrogen (secondary N) is 1. The number of amides is 1. The Morgan fingerprint density at radius 3 is 2.72 bits per heavy atom. The number of piperazine rings is 1. The lowest BCUT2D eigenvalue weighted by Crippen LogP contribution is -2.48. The van der Waals surface area contributed by atoms with Gasteiger partial charge in [0, 0.05) is 68.7 Å². The third kappa shape index (κ3) is 4.83. The Morgan fingerprint density at radius 1 is 1.11 bits per heavy atom. The number of carbonyl (C=O) groups excluding carboxylic acids is 1. The van der Waals surface area contributed by atoms with E-state index in [0.29, 0.717) is 29.4 Å². The number of aromatic amines is 1. The Morgan fingerprint density at radius 2 is 1.94 bits per heavy atom. The van der Waals surface area contributed by atoms with Gasteiger partial charge in [-0.25, -0.2) is 9.37 Å². The molecule has 3 aromatic heterocycles. The number of hydrogen-bond donors (Lipinski definition) is 1. The highest BCUT2D eigenvalue weighted by atomic mass is 35.5. The molecule has 1 saturated heterocycles. The maximum absolute atomic E-state index is 14.3. The summed E-state index contributed by atoms with van der Waals surface area (Å²) in [6.45, 7) is 4.24. The van der Waals surface area contributed by atoms with Gasteiger partial charge in [0.1, 0.15) is 5.82 Å². The van der Waals surface area contributed by atoms with Crippen molar-refractivity contribution in [3.05, 3.63) is 76.8 Å². The minimum atomic E-state index is -0.460. The second-order valence-electron chi connectivity index (χ2n) is 9.60. The normalized spacial score (nSPS) is 16.6. The number of H-pyrrole nitrogens is 1. The number of nitrogens with zero attached hydrogens (tertiary/aromatic N) is 5. The Labute approximate surface area is 213 Å². The van der Waals surface area contributed by atoms with E-state index in [1.807, 2.05) is 35.4 Å². The smallest absolute Gasteiger partial charge is 0.225 e. The molecule has 1 aliphatic heterocycles. The molecule has 0 unspecified atom stereocenters. The topological polar surface area (TPSA) is 78.0 Å². The summed E-state index contributed by atoms with van der Waals surface area (Å²) in [5.41, 5.74) is 4.73. The Bertz CT molecular complexity index is 1410. The molecule has 4 aromatic rings. The summed E-state index contributed by atoms with van der Waals surface area (Å²) in [5, 5.41) is 0.269. The summed E-state index contributed by atoms with van der Waals surface area (Å²) in [4.78, 5) is 33.1. The number of benzene rings is 1. The van der Waals surface area contributed by atoms with E-state index in [4.69, 9.17) is 16.6 Å². The molecular formula is C27H26ClFN6O. The van der Waals surface area contributed by atoms with Crippen LogP contribution < -0.4 is 0 Å². The standard InChI is InChI=1S/C27H26ClFN6O/c28-21-14-30-15-22(29)26(21)19-3-4-23-24(12-19)33-25(32-23)13-20-11-17(5-6-31-20)16-34-7-9-35(10-8-34)27(36)18-1-2-18/h3-6,11-12,14-15,18H,1-2,7-10,13,16H2,(H,32,33). The summed E-state index contributed by atoms with van der Waals surface area (Å²) in [6, 6.07) is 9.69. The van der Waals surface area contributed by atoms with Crippen LogP contribution in [-0.4, -0.2) is 61.8 Å². The van der Waals surface area contributed by atoms with Gasteiger partial charge in [0.25, 0.3) is 0 Å². The number of fused-ring (bicyclic) bond motifs is 1. The quantitative estimate of drug-likeness (QED) is 0.419. The molecule has 2 aliphatic rings. The second kappa shape index (κ2) is 9.59. The molecule has 0 atom stereocenters. The van der Waals surface area contributed by atoms with Crippen molar-refractivity contribution in [2.75, 3.05) is 26.2 Å². The number of carbonyl (C=O) groups is 1. The number of imidazole rings is 1. The first-order valence-electron chi connectivity index (χ1n) is 12.3. The van der Waals surface area contributed by atoms with Crippen molar-refractivity contribution in [2.24, 2.45) is 5.92 Å². The van der Waals surface area contributed by atoms with Crippen LogP contribution in [0.2, 0.25) is 5.02 Å². The van der Waals surface area contributed by atoms with Crippen molar-refractivity contribution in [1.29, 1.82) is 0 Å². The fourth-order valence-corrected chi connectivity index (χ4v) is 5.11. The van der Waals surface area contributed by atoms with E-state index >= 15 is 0 Å². The number of rotatable bonds is 6. The highest BCUT2D eigenvalue weighted by molar-refractivity contribution is 6.33. The average molecular weight is 505 g/mol. The van der Waals surface area contributed by atoms with E-state index in [9.17, 15) is 9.18 Å². The minimum absolute atomic E-state index is 0.269. The zero-order valence-electron chi connectivity index (χ0n) is 19.8. The highest BCUT2D eigenvalue weighted by Gasteiger charge is 2.34. The molecule has 1 aliphatic carbocycles. The molecule has 36 heavy (non-hydrogen) atoms. The molecule has 1 N–H and O–H groups in total. The van der Waals surface area contributed by atoms with Crippen molar-refractivity contribution >= 4 is 28.5 Å². The van der Waals surface area contributed by atoms with Crippen molar-refractivity contribution in [1.82, 2.24) is 29.7 Å². The van der Waals surface area contributed by atoms with E-state index in [-0.39, 0.29) is 5.02 Å². The number of aromatic nitrogens is 4. The van der Waals surface area contributed by atoms with Crippen molar-refractivity contribution in [3.63, 3.8) is 0 Å². The fraction of sp³-hybridized carbons (Fsp3) is 0.333. The van der Waals surface area contributed by atoms with Gasteiger partial charge in [-0.2, -0.15) is 0 Å². The maximum atomic E-state index is 14.3. The summed E-state index contributed by atoms with van der Waals surface area (Å²) >= 11 is 6.19. The maximum Gasteiger partial charge on any atom is 0.225 e. The van der Waals surface area contributed by atoms with Crippen LogP contribution >= 0.6 is 11.6 Å². The second-order valence-corrected chi connectivity index (χ2v) is 10.0. The third-order valence-corrected chi connectivity index (χ3v) is 7.21. The van der Waals surface area contributed by atoms with Crippen LogP contribution in [0.15, 0.2) is 48.9 Å². The van der Waals surface area contributed by atoms with E-state index in [2.05, 4.69) is 25.9 Å². The SMILES string of the molecule is O=C(C1CC1)N1CCN(Cc2ccnc(Cc3nc4ccc(-c5c(F)cncc5Cl)cc4[nH]3)c2)CC1. The zero-order chi connectivity index (χ0) is 24.6. The number of hydrogen-bond acceptors (Lipinski definition) is 5. The Balaban J connectivity index is 1.13. The van der Waals surface area contributed by atoms with Crippen LogP contribution in [0.25, 0.3) is 22.2 Å². The summed E-state index contributed by atoms with van der Waals surface area (Å²) in [6.07, 6.45) is 7.12. The van der Waals surface area contributed by atoms with Gasteiger partial charge in [-0.05, 0) is 48.2 Å². The molecule has 2 fully saturated rings. The summed E-state index contributed by atoms with van der Waals surface area (Å²) < 4.78 is 14.3. The van der Waals surface area contributed by atoms with Crippen LogP contribution in [0, 0.1) is 11.7 Å². The average Bonchev–Trinajstić information content (AvgIpc) is 3.64. The number of pyridine rings is 2. The molecule has 0 spiro atoms. The van der Waals surface area contributed by atoms with E-state index in [1.165, 1.54) is 11.8 Å². The lowest BCUT2D eigenvalue weighted by molar-refractivity contribution is -0.134. The molecule has 6 rings (SSSR count). The van der Waals surface area contributed by atoms with Crippen LogP contribution in [-0.2, 0) is 17.8 Å². The first kappa shape index (κ1) is 23.1. The van der Waals surface area contributed by atoms with Crippen LogP contribution in [0.4, 0.5) is 4.39 Å². The van der Waals surface area contributed by atoms with Gasteiger partial charge in [-0.15, -0.1) is 0 Å². The van der Waals surface area contributed by atoms with E-state index in [1.54, 1.807) is 0 Å². The predicted octanol–water partition coefficient (Wildman–Crippen LogP) is 4.46.